The van der Waals surface area contributed by atoms with Gasteiger partial charge in [-0.2, -0.15) is 0 Å². The standard InChI is InChI=1S/C16H21N3O8/c1-4-12(9-20)17(8-10(2)16(22)27-3)15(21)11-5-13(18(23)24)7-14(6-11)19(25)26/h5-7,10,12,20H,4,8-9H2,1-3H3. The average molecular weight is 383 g/mol. The van der Waals surface area contributed by atoms with Gasteiger partial charge in [-0.3, -0.25) is 29.8 Å². The number of carbonyl (C=O) groups is 2. The van der Waals surface area contributed by atoms with Crippen LogP contribution in [0.4, 0.5) is 11.4 Å². The van der Waals surface area contributed by atoms with Gasteiger partial charge in [-0.05, 0) is 6.42 Å². The van der Waals surface area contributed by atoms with Gasteiger partial charge in [0.1, 0.15) is 0 Å². The zero-order valence-corrected chi connectivity index (χ0v) is 15.2. The number of aliphatic hydroxyl groups is 1. The molecule has 27 heavy (non-hydrogen) atoms. The highest BCUT2D eigenvalue weighted by Crippen LogP contribution is 2.25. The van der Waals surface area contributed by atoms with E-state index in [1.165, 1.54) is 18.9 Å². The molecular formula is C16H21N3O8. The molecule has 11 nitrogen and oxygen atoms in total. The summed E-state index contributed by atoms with van der Waals surface area (Å²) in [5, 5.41) is 31.6. The second-order valence-corrected chi connectivity index (χ2v) is 5.88. The van der Waals surface area contributed by atoms with E-state index in [1.54, 1.807) is 6.92 Å². The maximum Gasteiger partial charge on any atom is 0.310 e. The molecule has 11 heteroatoms. The number of amides is 1. The van der Waals surface area contributed by atoms with Gasteiger partial charge in [0.25, 0.3) is 17.3 Å². The Morgan fingerprint density at radius 1 is 1.19 bits per heavy atom. The molecule has 0 aromatic heterocycles. The fourth-order valence-corrected chi connectivity index (χ4v) is 2.51. The summed E-state index contributed by atoms with van der Waals surface area (Å²) >= 11 is 0. The van der Waals surface area contributed by atoms with Crippen molar-refractivity contribution < 1.29 is 29.3 Å². The predicted octanol–water partition coefficient (Wildman–Crippen LogP) is 1.53. The number of esters is 1. The first-order valence-corrected chi connectivity index (χ1v) is 8.09. The van der Waals surface area contributed by atoms with Crippen LogP contribution in [-0.2, 0) is 9.53 Å². The Balaban J connectivity index is 3.37. The Labute approximate surface area is 154 Å². The van der Waals surface area contributed by atoms with Gasteiger partial charge in [-0.1, -0.05) is 13.8 Å². The number of hydrogen-bond acceptors (Lipinski definition) is 8. The third kappa shape index (κ3) is 5.45. The lowest BCUT2D eigenvalue weighted by atomic mass is 10.1. The Bertz CT molecular complexity index is 700. The number of methoxy groups -OCH3 is 1. The van der Waals surface area contributed by atoms with Gasteiger partial charge in [0.05, 0.1) is 47.2 Å². The van der Waals surface area contributed by atoms with E-state index in [0.717, 1.165) is 18.2 Å². The maximum atomic E-state index is 12.9. The summed E-state index contributed by atoms with van der Waals surface area (Å²) in [5.74, 6) is -2.07. The van der Waals surface area contributed by atoms with Crippen molar-refractivity contribution in [1.29, 1.82) is 0 Å². The van der Waals surface area contributed by atoms with Crippen LogP contribution in [0.3, 0.4) is 0 Å². The molecule has 2 atom stereocenters. The fraction of sp³-hybridized carbons (Fsp3) is 0.500. The Kier molecular flexibility index (Phi) is 7.79. The second-order valence-electron chi connectivity index (χ2n) is 5.88. The average Bonchev–Trinajstić information content (AvgIpc) is 2.66. The van der Waals surface area contributed by atoms with Gasteiger partial charge in [-0.25, -0.2) is 0 Å². The van der Waals surface area contributed by atoms with Crippen LogP contribution < -0.4 is 0 Å². The molecule has 0 spiro atoms. The fourth-order valence-electron chi connectivity index (χ4n) is 2.51. The molecule has 0 fully saturated rings. The summed E-state index contributed by atoms with van der Waals surface area (Å²) in [6.07, 6.45) is 0.340. The number of rotatable bonds is 9. The van der Waals surface area contributed by atoms with E-state index in [2.05, 4.69) is 4.74 Å². The highest BCUT2D eigenvalue weighted by Gasteiger charge is 2.30. The van der Waals surface area contributed by atoms with E-state index >= 15 is 0 Å². The minimum Gasteiger partial charge on any atom is -0.469 e. The third-order valence-corrected chi connectivity index (χ3v) is 4.03. The Morgan fingerprint density at radius 2 is 1.70 bits per heavy atom. The Morgan fingerprint density at radius 3 is 2.07 bits per heavy atom. The molecular weight excluding hydrogens is 362 g/mol. The van der Waals surface area contributed by atoms with E-state index in [1.807, 2.05) is 0 Å². The minimum atomic E-state index is -0.839. The van der Waals surface area contributed by atoms with Crippen LogP contribution >= 0.6 is 0 Å². The zero-order chi connectivity index (χ0) is 20.7. The van der Waals surface area contributed by atoms with Gasteiger partial charge in [0.2, 0.25) is 0 Å². The minimum absolute atomic E-state index is 0.124. The van der Waals surface area contributed by atoms with Crippen molar-refractivity contribution in [2.45, 2.75) is 26.3 Å². The highest BCUT2D eigenvalue weighted by atomic mass is 16.6. The molecule has 2 unspecified atom stereocenters. The number of nitro groups is 2. The molecule has 0 bridgehead atoms. The van der Waals surface area contributed by atoms with Crippen LogP contribution in [0.2, 0.25) is 0 Å². The lowest BCUT2D eigenvalue weighted by Gasteiger charge is -2.31. The molecule has 0 aliphatic heterocycles. The number of ether oxygens (including phenoxy) is 1. The lowest BCUT2D eigenvalue weighted by Crippen LogP contribution is -2.45. The predicted molar refractivity (Wildman–Crippen MR) is 93.1 cm³/mol. The molecule has 1 aromatic rings. The number of carbonyl (C=O) groups excluding carboxylic acids is 2. The van der Waals surface area contributed by atoms with Crippen molar-refractivity contribution in [3.8, 4) is 0 Å². The summed E-state index contributed by atoms with van der Waals surface area (Å²) in [6.45, 7) is 2.69. The normalized spacial score (nSPS) is 12.7. The van der Waals surface area contributed by atoms with Crippen molar-refractivity contribution in [3.63, 3.8) is 0 Å². The summed E-state index contributed by atoms with van der Waals surface area (Å²) in [5.41, 5.74) is -1.49. The molecule has 1 amide bonds. The summed E-state index contributed by atoms with van der Waals surface area (Å²) in [7, 11) is 1.19. The first-order valence-electron chi connectivity index (χ1n) is 8.09. The van der Waals surface area contributed by atoms with E-state index in [9.17, 15) is 34.9 Å². The maximum absolute atomic E-state index is 12.9. The molecule has 0 aliphatic carbocycles. The largest absolute Gasteiger partial charge is 0.469 e. The van der Waals surface area contributed by atoms with Crippen LogP contribution in [0.1, 0.15) is 30.6 Å². The number of nitro benzene ring substituents is 2. The van der Waals surface area contributed by atoms with Crippen LogP contribution in [0.5, 0.6) is 0 Å². The van der Waals surface area contributed by atoms with Crippen LogP contribution in [0, 0.1) is 26.1 Å². The number of hydrogen-bond donors (Lipinski definition) is 1. The van der Waals surface area contributed by atoms with Gasteiger partial charge in [0, 0.05) is 18.7 Å². The summed E-state index contributed by atoms with van der Waals surface area (Å²) < 4.78 is 4.63. The molecule has 0 heterocycles. The Hall–Kier alpha value is -3.08. The molecule has 1 rings (SSSR count). The monoisotopic (exact) mass is 383 g/mol. The second kappa shape index (κ2) is 9.57. The first kappa shape index (κ1) is 22.0. The summed E-state index contributed by atoms with van der Waals surface area (Å²) in [4.78, 5) is 46.2. The molecule has 0 saturated carbocycles. The number of benzene rings is 1. The van der Waals surface area contributed by atoms with Crippen molar-refractivity contribution in [3.05, 3.63) is 44.0 Å². The number of aliphatic hydroxyl groups excluding tert-OH is 1. The topological polar surface area (TPSA) is 153 Å². The van der Waals surface area contributed by atoms with Gasteiger partial charge in [-0.15, -0.1) is 0 Å². The van der Waals surface area contributed by atoms with Crippen molar-refractivity contribution in [1.82, 2.24) is 4.90 Å². The van der Waals surface area contributed by atoms with E-state index in [4.69, 9.17) is 0 Å². The highest BCUT2D eigenvalue weighted by molar-refractivity contribution is 5.96. The van der Waals surface area contributed by atoms with Gasteiger partial charge in [0.15, 0.2) is 0 Å². The van der Waals surface area contributed by atoms with E-state index in [-0.39, 0.29) is 12.1 Å². The molecule has 0 aliphatic rings. The number of nitrogens with zero attached hydrogens (tertiary/aromatic N) is 3. The third-order valence-electron chi connectivity index (χ3n) is 4.03. The lowest BCUT2D eigenvalue weighted by molar-refractivity contribution is -0.394. The summed E-state index contributed by atoms with van der Waals surface area (Å²) in [6, 6.07) is 1.93. The molecule has 148 valence electrons. The smallest absolute Gasteiger partial charge is 0.310 e. The molecule has 0 radical (unpaired) electrons. The SMILES string of the molecule is CCC(CO)N(CC(C)C(=O)OC)C(=O)c1cc([N+](=O)[O-])cc([N+](=O)[O-])c1. The van der Waals surface area contributed by atoms with Gasteiger partial charge < -0.3 is 14.7 Å². The molecule has 1 aromatic carbocycles. The van der Waals surface area contributed by atoms with Crippen molar-refractivity contribution in [2.24, 2.45) is 5.92 Å². The molecule has 1 N–H and O–H groups in total. The van der Waals surface area contributed by atoms with Crippen molar-refractivity contribution in [2.75, 3.05) is 20.3 Å². The van der Waals surface area contributed by atoms with Crippen LogP contribution in [0.25, 0.3) is 0 Å². The number of non-ortho nitro benzene ring substituents is 2. The quantitative estimate of drug-likeness (QED) is 0.382. The van der Waals surface area contributed by atoms with Crippen molar-refractivity contribution >= 4 is 23.3 Å². The zero-order valence-electron chi connectivity index (χ0n) is 15.2. The first-order chi connectivity index (χ1) is 12.7. The van der Waals surface area contributed by atoms with Crippen LogP contribution in [-0.4, -0.2) is 58.0 Å². The van der Waals surface area contributed by atoms with Crippen LogP contribution in [0.15, 0.2) is 18.2 Å². The van der Waals surface area contributed by atoms with E-state index < -0.39 is 51.7 Å². The molecule has 0 saturated heterocycles. The van der Waals surface area contributed by atoms with E-state index in [0.29, 0.717) is 6.42 Å². The van der Waals surface area contributed by atoms with Gasteiger partial charge >= 0.3 is 5.97 Å².